The highest BCUT2D eigenvalue weighted by molar-refractivity contribution is 6.00. The molecule has 4 nitrogen and oxygen atoms in total. The average Bonchev–Trinajstić information content (AvgIpc) is 2.44. The zero-order chi connectivity index (χ0) is 16.4. The Hall–Kier alpha value is -1.84. The molecule has 1 aromatic rings. The van der Waals surface area contributed by atoms with E-state index in [1.807, 2.05) is 44.7 Å². The van der Waals surface area contributed by atoms with Gasteiger partial charge in [0.15, 0.2) is 0 Å². The van der Waals surface area contributed by atoms with Gasteiger partial charge in [-0.25, -0.2) is 0 Å². The van der Waals surface area contributed by atoms with Gasteiger partial charge < -0.3 is 9.80 Å². The average molecular weight is 302 g/mol. The molecular formula is C18H26N2O2. The molecule has 1 aliphatic rings. The SMILES string of the molecule is Cc1cccc(N2CCN(C(=O)CC(C)C)C(C)C2=O)c1C. The highest BCUT2D eigenvalue weighted by atomic mass is 16.2. The first-order valence-electron chi connectivity index (χ1n) is 8.00. The van der Waals surface area contributed by atoms with Crippen molar-refractivity contribution < 1.29 is 9.59 Å². The molecule has 120 valence electrons. The monoisotopic (exact) mass is 302 g/mol. The molecule has 0 aliphatic carbocycles. The van der Waals surface area contributed by atoms with Crippen LogP contribution in [0, 0.1) is 19.8 Å². The van der Waals surface area contributed by atoms with Crippen molar-refractivity contribution in [3.8, 4) is 0 Å². The van der Waals surface area contributed by atoms with E-state index in [-0.39, 0.29) is 17.9 Å². The maximum absolute atomic E-state index is 12.7. The molecular weight excluding hydrogens is 276 g/mol. The Labute approximate surface area is 133 Å². The van der Waals surface area contributed by atoms with Crippen LogP contribution in [0.25, 0.3) is 0 Å². The van der Waals surface area contributed by atoms with Crippen LogP contribution in [-0.2, 0) is 9.59 Å². The lowest BCUT2D eigenvalue weighted by Crippen LogP contribution is -2.58. The maximum Gasteiger partial charge on any atom is 0.249 e. The first-order chi connectivity index (χ1) is 10.3. The molecule has 2 amide bonds. The summed E-state index contributed by atoms with van der Waals surface area (Å²) in [5.74, 6) is 0.403. The lowest BCUT2D eigenvalue weighted by molar-refractivity contribution is -0.141. The molecule has 1 saturated heterocycles. The van der Waals surface area contributed by atoms with Crippen LogP contribution in [0.1, 0.15) is 38.3 Å². The number of rotatable bonds is 3. The minimum Gasteiger partial charge on any atom is -0.329 e. The molecule has 1 fully saturated rings. The number of benzene rings is 1. The number of nitrogens with zero attached hydrogens (tertiary/aromatic N) is 2. The first-order valence-corrected chi connectivity index (χ1v) is 8.00. The minimum absolute atomic E-state index is 0.0112. The molecule has 1 heterocycles. The van der Waals surface area contributed by atoms with Crippen molar-refractivity contribution in [3.05, 3.63) is 29.3 Å². The van der Waals surface area contributed by atoms with E-state index in [2.05, 4.69) is 13.0 Å². The number of carbonyl (C=O) groups excluding carboxylic acids is 2. The van der Waals surface area contributed by atoms with Gasteiger partial charge in [-0.05, 0) is 43.9 Å². The third-order valence-electron chi connectivity index (χ3n) is 4.43. The van der Waals surface area contributed by atoms with Gasteiger partial charge in [0, 0.05) is 25.2 Å². The van der Waals surface area contributed by atoms with Gasteiger partial charge in [-0.3, -0.25) is 9.59 Å². The lowest BCUT2D eigenvalue weighted by Gasteiger charge is -2.40. The summed E-state index contributed by atoms with van der Waals surface area (Å²) in [5.41, 5.74) is 3.27. The summed E-state index contributed by atoms with van der Waals surface area (Å²) in [5, 5.41) is 0. The normalized spacial score (nSPS) is 19.0. The van der Waals surface area contributed by atoms with Crippen LogP contribution in [-0.4, -0.2) is 35.8 Å². The molecule has 0 N–H and O–H groups in total. The van der Waals surface area contributed by atoms with Crippen molar-refractivity contribution >= 4 is 17.5 Å². The van der Waals surface area contributed by atoms with Gasteiger partial charge in [-0.1, -0.05) is 26.0 Å². The molecule has 2 rings (SSSR count). The minimum atomic E-state index is -0.389. The predicted octanol–water partition coefficient (Wildman–Crippen LogP) is 2.91. The molecule has 1 aliphatic heterocycles. The summed E-state index contributed by atoms with van der Waals surface area (Å²) in [6, 6.07) is 5.62. The highest BCUT2D eigenvalue weighted by Gasteiger charge is 2.35. The summed E-state index contributed by atoms with van der Waals surface area (Å²) >= 11 is 0. The van der Waals surface area contributed by atoms with Gasteiger partial charge in [-0.2, -0.15) is 0 Å². The molecule has 22 heavy (non-hydrogen) atoms. The Morgan fingerprint density at radius 2 is 1.95 bits per heavy atom. The Kier molecular flexibility index (Phi) is 4.89. The zero-order valence-corrected chi connectivity index (χ0v) is 14.2. The Morgan fingerprint density at radius 1 is 1.27 bits per heavy atom. The molecule has 0 aromatic heterocycles. The second kappa shape index (κ2) is 6.51. The smallest absolute Gasteiger partial charge is 0.249 e. The second-order valence-electron chi connectivity index (χ2n) is 6.57. The van der Waals surface area contributed by atoms with Crippen LogP contribution in [0.2, 0.25) is 0 Å². The van der Waals surface area contributed by atoms with Crippen molar-refractivity contribution in [3.63, 3.8) is 0 Å². The van der Waals surface area contributed by atoms with Gasteiger partial charge in [0.05, 0.1) is 0 Å². The van der Waals surface area contributed by atoms with Crippen LogP contribution < -0.4 is 4.90 Å². The quantitative estimate of drug-likeness (QED) is 0.861. The van der Waals surface area contributed by atoms with Gasteiger partial charge in [0.1, 0.15) is 6.04 Å². The summed E-state index contributed by atoms with van der Waals surface area (Å²) in [4.78, 5) is 28.6. The van der Waals surface area contributed by atoms with E-state index in [9.17, 15) is 9.59 Å². The van der Waals surface area contributed by atoms with Gasteiger partial charge >= 0.3 is 0 Å². The van der Waals surface area contributed by atoms with E-state index in [0.717, 1.165) is 11.3 Å². The van der Waals surface area contributed by atoms with E-state index < -0.39 is 0 Å². The van der Waals surface area contributed by atoms with Crippen molar-refractivity contribution in [1.29, 1.82) is 0 Å². The molecule has 0 bridgehead atoms. The number of piperazine rings is 1. The molecule has 0 spiro atoms. The maximum atomic E-state index is 12.7. The van der Waals surface area contributed by atoms with Gasteiger partial charge in [-0.15, -0.1) is 0 Å². The van der Waals surface area contributed by atoms with Crippen LogP contribution in [0.15, 0.2) is 18.2 Å². The number of hydrogen-bond donors (Lipinski definition) is 0. The standard InChI is InChI=1S/C18H26N2O2/c1-12(2)11-17(21)19-9-10-20(18(22)15(19)5)16-8-6-7-13(3)14(16)4/h6-8,12,15H,9-11H2,1-5H3. The Morgan fingerprint density at radius 3 is 2.59 bits per heavy atom. The van der Waals surface area contributed by atoms with Crippen molar-refractivity contribution in [2.24, 2.45) is 5.92 Å². The first kappa shape index (κ1) is 16.5. The Balaban J connectivity index is 2.19. The zero-order valence-electron chi connectivity index (χ0n) is 14.2. The third kappa shape index (κ3) is 3.16. The fourth-order valence-corrected chi connectivity index (χ4v) is 2.94. The predicted molar refractivity (Wildman–Crippen MR) is 88.9 cm³/mol. The van der Waals surface area contributed by atoms with Crippen molar-refractivity contribution in [2.75, 3.05) is 18.0 Å². The number of carbonyl (C=O) groups is 2. The van der Waals surface area contributed by atoms with E-state index in [4.69, 9.17) is 0 Å². The fourth-order valence-electron chi connectivity index (χ4n) is 2.94. The largest absolute Gasteiger partial charge is 0.329 e. The van der Waals surface area contributed by atoms with E-state index in [1.165, 1.54) is 5.56 Å². The fraction of sp³-hybridized carbons (Fsp3) is 0.556. The highest BCUT2D eigenvalue weighted by Crippen LogP contribution is 2.26. The number of aryl methyl sites for hydroxylation is 1. The number of anilines is 1. The third-order valence-corrected chi connectivity index (χ3v) is 4.43. The van der Waals surface area contributed by atoms with E-state index in [1.54, 1.807) is 4.90 Å². The Bertz CT molecular complexity index is 580. The van der Waals surface area contributed by atoms with Gasteiger partial charge in [0.25, 0.3) is 0 Å². The molecule has 0 radical (unpaired) electrons. The molecule has 1 atom stereocenters. The lowest BCUT2D eigenvalue weighted by atomic mass is 10.0. The van der Waals surface area contributed by atoms with Crippen molar-refractivity contribution in [1.82, 2.24) is 4.90 Å². The number of hydrogen-bond acceptors (Lipinski definition) is 2. The summed E-state index contributed by atoms with van der Waals surface area (Å²) in [6.07, 6.45) is 0.501. The van der Waals surface area contributed by atoms with Crippen LogP contribution in [0.3, 0.4) is 0 Å². The van der Waals surface area contributed by atoms with Gasteiger partial charge in [0.2, 0.25) is 11.8 Å². The van der Waals surface area contributed by atoms with Crippen LogP contribution in [0.4, 0.5) is 5.69 Å². The topological polar surface area (TPSA) is 40.6 Å². The van der Waals surface area contributed by atoms with Crippen molar-refractivity contribution in [2.45, 2.75) is 47.1 Å². The van der Waals surface area contributed by atoms with Crippen LogP contribution >= 0.6 is 0 Å². The summed E-state index contributed by atoms with van der Waals surface area (Å²) in [6.45, 7) is 11.1. The molecule has 4 heteroatoms. The molecule has 1 aromatic carbocycles. The van der Waals surface area contributed by atoms with E-state index >= 15 is 0 Å². The molecule has 0 saturated carbocycles. The molecule has 1 unspecified atom stereocenters. The summed E-state index contributed by atoms with van der Waals surface area (Å²) in [7, 11) is 0. The summed E-state index contributed by atoms with van der Waals surface area (Å²) < 4.78 is 0. The number of amides is 2. The van der Waals surface area contributed by atoms with Crippen LogP contribution in [0.5, 0.6) is 0 Å². The van der Waals surface area contributed by atoms with E-state index in [0.29, 0.717) is 25.4 Å². The second-order valence-corrected chi connectivity index (χ2v) is 6.57.